The fraction of sp³-hybridized carbons (Fsp3) is 0.692. The number of nitrogens with one attached hydrogen (secondary N) is 1. The fourth-order valence-electron chi connectivity index (χ4n) is 8.31. The molecule has 13 nitrogen and oxygen atoms in total. The van der Waals surface area contributed by atoms with Crippen molar-refractivity contribution in [3.63, 3.8) is 0 Å². The SMILES string of the molecule is COC1(O[C@@H]2[C@@H]3O[Si](C(C)C)(C(C)C)O[Si](C(C)C)(C(C)C)OC[C@H]3O[C@H]2n2cnc3c(NC(=O)C(C)(C)C)ncnc32)CCN(c2ccccc2F)CC1. The van der Waals surface area contributed by atoms with E-state index in [0.29, 0.717) is 48.6 Å². The molecule has 16 heteroatoms. The third-order valence-electron chi connectivity index (χ3n) is 11.6. The number of ether oxygens (including phenoxy) is 3. The Bertz CT molecular complexity index is 1800. The molecule has 55 heavy (non-hydrogen) atoms. The van der Waals surface area contributed by atoms with Crippen molar-refractivity contribution in [2.75, 3.05) is 37.0 Å². The standard InChI is InChI=1S/C39H61FN6O7Si2/c1-24(2)54(25(3)4)49-21-30-32(52-55(53-54,26(5)6)27(7)8)33(51-39(48-12)17-19-45(20-18-39)29-16-14-13-15-28(29)40)36(50-30)46-23-43-31-34(41-22-42-35(31)46)44-37(47)38(9,10)11/h13-16,22-27,30,32-33,36H,17-21H2,1-12H3,(H,41,42,44,47)/t30-,32-,33-,36-/m1/s1. The predicted molar refractivity (Wildman–Crippen MR) is 214 cm³/mol. The smallest absolute Gasteiger partial charge is 0.335 e. The average molecular weight is 801 g/mol. The molecule has 2 aromatic heterocycles. The van der Waals surface area contributed by atoms with Crippen molar-refractivity contribution >= 4 is 45.7 Å². The first-order valence-electron chi connectivity index (χ1n) is 19.8. The molecule has 0 spiro atoms. The van der Waals surface area contributed by atoms with Crippen molar-refractivity contribution in [1.82, 2.24) is 19.5 Å². The van der Waals surface area contributed by atoms with Gasteiger partial charge in [-0.25, -0.2) is 19.3 Å². The minimum absolute atomic E-state index is 0.0788. The molecule has 0 radical (unpaired) electrons. The summed E-state index contributed by atoms with van der Waals surface area (Å²) >= 11 is 0. The van der Waals surface area contributed by atoms with Gasteiger partial charge in [-0.2, -0.15) is 0 Å². The number of nitrogens with zero attached hydrogens (tertiary/aromatic N) is 5. The first-order chi connectivity index (χ1) is 25.9. The number of anilines is 2. The van der Waals surface area contributed by atoms with Gasteiger partial charge in [-0.05, 0) is 34.3 Å². The van der Waals surface area contributed by atoms with Gasteiger partial charge in [0, 0.05) is 38.5 Å². The molecule has 6 rings (SSSR count). The van der Waals surface area contributed by atoms with Gasteiger partial charge in [0.1, 0.15) is 30.5 Å². The van der Waals surface area contributed by atoms with Crippen molar-refractivity contribution in [2.45, 2.75) is 141 Å². The van der Waals surface area contributed by atoms with Crippen LogP contribution in [0.25, 0.3) is 11.2 Å². The minimum Gasteiger partial charge on any atom is -0.414 e. The summed E-state index contributed by atoms with van der Waals surface area (Å²) in [4.78, 5) is 28.8. The van der Waals surface area contributed by atoms with Crippen LogP contribution in [0.4, 0.5) is 15.9 Å². The lowest BCUT2D eigenvalue weighted by Crippen LogP contribution is -2.66. The number of aromatic nitrogens is 4. The Balaban J connectivity index is 1.44. The van der Waals surface area contributed by atoms with Gasteiger partial charge in [-0.1, -0.05) is 88.3 Å². The average Bonchev–Trinajstić information content (AvgIpc) is 3.69. The van der Waals surface area contributed by atoms with Gasteiger partial charge in [-0.3, -0.25) is 9.36 Å². The first kappa shape index (κ1) is 41.8. The van der Waals surface area contributed by atoms with E-state index in [1.165, 1.54) is 12.4 Å². The summed E-state index contributed by atoms with van der Waals surface area (Å²) < 4.78 is 59.5. The Morgan fingerprint density at radius 1 is 0.964 bits per heavy atom. The Morgan fingerprint density at radius 2 is 1.60 bits per heavy atom. The van der Waals surface area contributed by atoms with Crippen molar-refractivity contribution in [2.24, 2.45) is 5.41 Å². The molecule has 1 amide bonds. The number of fused-ring (bicyclic) bond motifs is 2. The number of amides is 1. The first-order valence-corrected chi connectivity index (χ1v) is 23.7. The van der Waals surface area contributed by atoms with Gasteiger partial charge in [0.2, 0.25) is 5.91 Å². The number of benzene rings is 1. The summed E-state index contributed by atoms with van der Waals surface area (Å²) in [7, 11) is -4.31. The molecule has 4 atom stereocenters. The molecule has 5 heterocycles. The van der Waals surface area contributed by atoms with E-state index in [4.69, 9.17) is 32.2 Å². The molecular formula is C39H61FN6O7Si2. The van der Waals surface area contributed by atoms with Crippen LogP contribution in [0.2, 0.25) is 22.2 Å². The van der Waals surface area contributed by atoms with E-state index in [0.717, 1.165) is 0 Å². The summed E-state index contributed by atoms with van der Waals surface area (Å²) in [5.41, 5.74) is 1.27. The molecule has 0 unspecified atom stereocenters. The van der Waals surface area contributed by atoms with Crippen LogP contribution >= 0.6 is 0 Å². The van der Waals surface area contributed by atoms with Gasteiger partial charge in [0.05, 0.1) is 18.6 Å². The van der Waals surface area contributed by atoms with Crippen LogP contribution in [-0.2, 0) is 32.0 Å². The van der Waals surface area contributed by atoms with Crippen LogP contribution in [0.5, 0.6) is 0 Å². The number of halogens is 1. The number of para-hydroxylation sites is 1. The van der Waals surface area contributed by atoms with Gasteiger partial charge < -0.3 is 37.4 Å². The molecule has 0 saturated carbocycles. The predicted octanol–water partition coefficient (Wildman–Crippen LogP) is 7.83. The largest absolute Gasteiger partial charge is 0.414 e. The zero-order valence-corrected chi connectivity index (χ0v) is 36.6. The van der Waals surface area contributed by atoms with E-state index < -0.39 is 52.9 Å². The number of hydrogen-bond acceptors (Lipinski definition) is 11. The molecule has 1 N–H and O–H groups in total. The Morgan fingerprint density at radius 3 is 2.18 bits per heavy atom. The van der Waals surface area contributed by atoms with Gasteiger partial charge in [0.25, 0.3) is 0 Å². The molecule has 0 bridgehead atoms. The van der Waals surface area contributed by atoms with E-state index in [-0.39, 0.29) is 40.5 Å². The van der Waals surface area contributed by atoms with Crippen molar-refractivity contribution in [3.05, 3.63) is 42.7 Å². The molecular weight excluding hydrogens is 740 g/mol. The molecule has 3 aliphatic heterocycles. The van der Waals surface area contributed by atoms with E-state index in [1.807, 2.05) is 36.3 Å². The summed E-state index contributed by atoms with van der Waals surface area (Å²) in [5.74, 6) is -1.19. The summed E-state index contributed by atoms with van der Waals surface area (Å²) in [6, 6.07) is 6.82. The molecule has 3 aromatic rings. The maximum absolute atomic E-state index is 14.9. The second-order valence-corrected chi connectivity index (χ2v) is 26.4. The number of rotatable bonds is 10. The molecule has 3 aliphatic rings. The maximum Gasteiger partial charge on any atom is 0.335 e. The van der Waals surface area contributed by atoms with Crippen molar-refractivity contribution < 1.29 is 36.4 Å². The fourth-order valence-corrected chi connectivity index (χ4v) is 19.5. The Labute approximate surface area is 327 Å². The molecule has 304 valence electrons. The van der Waals surface area contributed by atoms with Gasteiger partial charge >= 0.3 is 17.1 Å². The molecule has 3 fully saturated rings. The highest BCUT2D eigenvalue weighted by Crippen LogP contribution is 2.50. The molecule has 1 aromatic carbocycles. The third-order valence-corrected chi connectivity index (χ3v) is 21.9. The summed E-state index contributed by atoms with van der Waals surface area (Å²) in [6.07, 6.45) is 1.36. The summed E-state index contributed by atoms with van der Waals surface area (Å²) in [5, 5.41) is 2.93. The monoisotopic (exact) mass is 800 g/mol. The second-order valence-electron chi connectivity index (χ2n) is 17.5. The quantitative estimate of drug-likeness (QED) is 0.159. The number of carbonyl (C=O) groups excluding carboxylic acids is 1. The van der Waals surface area contributed by atoms with Gasteiger partial charge in [0.15, 0.2) is 29.0 Å². The number of methoxy groups -OCH3 is 1. The Hall–Kier alpha value is -2.84. The maximum atomic E-state index is 14.9. The zero-order chi connectivity index (χ0) is 40.1. The highest BCUT2D eigenvalue weighted by atomic mass is 28.5. The second kappa shape index (κ2) is 15.8. The third kappa shape index (κ3) is 7.77. The molecule has 3 saturated heterocycles. The van der Waals surface area contributed by atoms with Crippen LogP contribution in [0.3, 0.4) is 0 Å². The van der Waals surface area contributed by atoms with Crippen LogP contribution < -0.4 is 10.2 Å². The summed E-state index contributed by atoms with van der Waals surface area (Å²) in [6.45, 7) is 24.3. The van der Waals surface area contributed by atoms with Crippen molar-refractivity contribution in [3.8, 4) is 0 Å². The highest BCUT2D eigenvalue weighted by molar-refractivity contribution is 6.84. The zero-order valence-electron chi connectivity index (χ0n) is 34.6. The topological polar surface area (TPSA) is 131 Å². The van der Waals surface area contributed by atoms with E-state index in [1.54, 1.807) is 25.6 Å². The Kier molecular flexibility index (Phi) is 12.0. The lowest BCUT2D eigenvalue weighted by Gasteiger charge is -2.52. The van der Waals surface area contributed by atoms with E-state index in [2.05, 4.69) is 70.7 Å². The number of imidazole rings is 1. The van der Waals surface area contributed by atoms with E-state index in [9.17, 15) is 9.18 Å². The lowest BCUT2D eigenvalue weighted by molar-refractivity contribution is -0.275. The number of piperidine rings is 1. The highest BCUT2D eigenvalue weighted by Gasteiger charge is 2.63. The van der Waals surface area contributed by atoms with Crippen LogP contribution in [0.15, 0.2) is 36.9 Å². The molecule has 0 aliphatic carbocycles. The number of carbonyl (C=O) groups is 1. The van der Waals surface area contributed by atoms with Crippen LogP contribution in [0.1, 0.15) is 95.2 Å². The van der Waals surface area contributed by atoms with Crippen LogP contribution in [-0.4, -0.2) is 93.5 Å². The van der Waals surface area contributed by atoms with E-state index >= 15 is 0 Å². The minimum atomic E-state index is -3.10. The van der Waals surface area contributed by atoms with Gasteiger partial charge in [-0.15, -0.1) is 0 Å². The number of hydrogen-bond donors (Lipinski definition) is 1. The van der Waals surface area contributed by atoms with Crippen LogP contribution in [0, 0.1) is 11.2 Å². The lowest BCUT2D eigenvalue weighted by atomic mass is 9.96. The van der Waals surface area contributed by atoms with Crippen molar-refractivity contribution in [1.29, 1.82) is 0 Å². The normalized spacial score (nSPS) is 25.4.